The van der Waals surface area contributed by atoms with E-state index in [1.807, 2.05) is 32.9 Å². The van der Waals surface area contributed by atoms with Crippen LogP contribution in [0.25, 0.3) is 34.9 Å². The average molecular weight is 394 g/mol. The predicted molar refractivity (Wildman–Crippen MR) is 119 cm³/mol. The normalized spacial score (nSPS) is 10.0. The molecule has 3 rings (SSSR count). The van der Waals surface area contributed by atoms with Crippen LogP contribution in [0.5, 0.6) is 0 Å². The molecule has 29 heavy (non-hydrogen) atoms. The third-order valence-electron chi connectivity index (χ3n) is 3.68. The summed E-state index contributed by atoms with van der Waals surface area (Å²) in [5.41, 5.74) is 8.02. The number of imidazole rings is 1. The smallest absolute Gasteiger partial charge is 0.270 e. The van der Waals surface area contributed by atoms with Crippen molar-refractivity contribution in [1.29, 1.82) is 0 Å². The minimum Gasteiger partial charge on any atom is -0.368 e. The van der Waals surface area contributed by atoms with E-state index in [0.717, 1.165) is 0 Å². The number of nitrogens with two attached hydrogens (primary N) is 1. The molecular weight excluding hydrogens is 368 g/mol. The van der Waals surface area contributed by atoms with Crippen molar-refractivity contribution in [3.63, 3.8) is 0 Å². The van der Waals surface area contributed by atoms with Gasteiger partial charge in [0.05, 0.1) is 22.0 Å². The Morgan fingerprint density at radius 3 is 2.55 bits per heavy atom. The Bertz CT molecular complexity index is 1020. The van der Waals surface area contributed by atoms with Crippen LogP contribution in [-0.4, -0.2) is 24.4 Å². The SMILES string of the molecule is C.C=Cn1c(/C=C\C)nc(-c2cccc([N+](=O)[O-])c2)c1-c1ccnc(N)n1.CC. The molecule has 152 valence electrons. The first-order valence-corrected chi connectivity index (χ1v) is 8.76. The minimum atomic E-state index is -0.441. The first-order valence-electron chi connectivity index (χ1n) is 8.76. The Morgan fingerprint density at radius 2 is 1.97 bits per heavy atom. The molecule has 3 aromatic rings. The molecule has 0 radical (unpaired) electrons. The van der Waals surface area contributed by atoms with E-state index in [9.17, 15) is 10.1 Å². The van der Waals surface area contributed by atoms with Crippen molar-refractivity contribution in [3.05, 3.63) is 65.1 Å². The second-order valence-electron chi connectivity index (χ2n) is 5.33. The minimum absolute atomic E-state index is 0. The predicted octanol–water partition coefficient (Wildman–Crippen LogP) is 5.29. The maximum absolute atomic E-state index is 11.1. The van der Waals surface area contributed by atoms with Crippen molar-refractivity contribution in [2.24, 2.45) is 0 Å². The summed E-state index contributed by atoms with van der Waals surface area (Å²) in [6, 6.07) is 7.99. The van der Waals surface area contributed by atoms with Crippen molar-refractivity contribution < 1.29 is 4.92 Å². The molecule has 2 N–H and O–H groups in total. The molecule has 0 fully saturated rings. The molecule has 0 atom stereocenters. The van der Waals surface area contributed by atoms with Crippen molar-refractivity contribution in [2.75, 3.05) is 5.73 Å². The van der Waals surface area contributed by atoms with E-state index in [2.05, 4.69) is 21.5 Å². The number of nitro benzene ring substituents is 1. The van der Waals surface area contributed by atoms with E-state index in [-0.39, 0.29) is 19.1 Å². The van der Waals surface area contributed by atoms with Crippen LogP contribution in [0, 0.1) is 10.1 Å². The van der Waals surface area contributed by atoms with Crippen LogP contribution in [0.2, 0.25) is 0 Å². The lowest BCUT2D eigenvalue weighted by Gasteiger charge is -2.07. The summed E-state index contributed by atoms with van der Waals surface area (Å²) in [7, 11) is 0. The highest BCUT2D eigenvalue weighted by atomic mass is 16.6. The van der Waals surface area contributed by atoms with Crippen LogP contribution in [0.15, 0.2) is 49.2 Å². The van der Waals surface area contributed by atoms with E-state index < -0.39 is 4.92 Å². The Kier molecular flexibility index (Phi) is 8.41. The fraction of sp³-hybridized carbons (Fsp3) is 0.190. The molecule has 0 aliphatic rings. The van der Waals surface area contributed by atoms with Gasteiger partial charge in [0.25, 0.3) is 5.69 Å². The highest BCUT2D eigenvalue weighted by Crippen LogP contribution is 2.34. The van der Waals surface area contributed by atoms with Crippen molar-refractivity contribution in [1.82, 2.24) is 19.5 Å². The third kappa shape index (κ3) is 4.92. The molecule has 0 bridgehead atoms. The molecular formula is C21H26N6O2. The highest BCUT2D eigenvalue weighted by molar-refractivity contribution is 5.81. The summed E-state index contributed by atoms with van der Waals surface area (Å²) in [5.74, 6) is 0.744. The molecule has 0 aliphatic carbocycles. The Labute approximate surface area is 170 Å². The van der Waals surface area contributed by atoms with Gasteiger partial charge in [0.1, 0.15) is 5.82 Å². The number of allylic oxidation sites excluding steroid dienone is 1. The summed E-state index contributed by atoms with van der Waals surface area (Å²) >= 11 is 0. The zero-order valence-electron chi connectivity index (χ0n) is 16.0. The molecule has 8 heteroatoms. The summed E-state index contributed by atoms with van der Waals surface area (Å²) in [5, 5.41) is 11.1. The summed E-state index contributed by atoms with van der Waals surface area (Å²) in [4.78, 5) is 23.5. The molecule has 0 amide bonds. The van der Waals surface area contributed by atoms with Crippen molar-refractivity contribution in [3.8, 4) is 22.6 Å². The molecule has 2 heterocycles. The van der Waals surface area contributed by atoms with Gasteiger partial charge in [0, 0.05) is 30.1 Å². The van der Waals surface area contributed by atoms with E-state index in [4.69, 9.17) is 5.73 Å². The van der Waals surface area contributed by atoms with E-state index in [1.54, 1.807) is 35.2 Å². The summed E-state index contributed by atoms with van der Waals surface area (Å²) in [6.45, 7) is 9.71. The first kappa shape index (κ1) is 23.2. The topological polar surface area (TPSA) is 113 Å². The number of hydrogen-bond acceptors (Lipinski definition) is 6. The quantitative estimate of drug-likeness (QED) is 0.464. The van der Waals surface area contributed by atoms with Gasteiger partial charge in [0.2, 0.25) is 5.95 Å². The molecule has 1 aromatic carbocycles. The van der Waals surface area contributed by atoms with Crippen molar-refractivity contribution in [2.45, 2.75) is 28.2 Å². The van der Waals surface area contributed by atoms with E-state index >= 15 is 0 Å². The van der Waals surface area contributed by atoms with Gasteiger partial charge in [-0.1, -0.05) is 46.1 Å². The van der Waals surface area contributed by atoms with Gasteiger partial charge in [-0.05, 0) is 19.1 Å². The monoisotopic (exact) mass is 394 g/mol. The van der Waals surface area contributed by atoms with Gasteiger partial charge in [-0.3, -0.25) is 14.7 Å². The summed E-state index contributed by atoms with van der Waals surface area (Å²) < 4.78 is 1.76. The molecule has 0 unspecified atom stereocenters. The number of non-ortho nitro benzene ring substituents is 1. The third-order valence-corrected chi connectivity index (χ3v) is 3.68. The van der Waals surface area contributed by atoms with Crippen LogP contribution in [0.3, 0.4) is 0 Å². The summed E-state index contributed by atoms with van der Waals surface area (Å²) in [6.07, 6.45) is 6.82. The van der Waals surface area contributed by atoms with Crippen LogP contribution in [-0.2, 0) is 0 Å². The largest absolute Gasteiger partial charge is 0.368 e. The molecule has 0 saturated heterocycles. The van der Waals surface area contributed by atoms with Crippen LogP contribution < -0.4 is 5.73 Å². The van der Waals surface area contributed by atoms with Gasteiger partial charge < -0.3 is 5.73 Å². The number of aromatic nitrogens is 4. The molecule has 0 aliphatic heterocycles. The van der Waals surface area contributed by atoms with Crippen LogP contribution in [0.4, 0.5) is 11.6 Å². The fourth-order valence-corrected chi connectivity index (χ4v) is 2.62. The molecule has 0 spiro atoms. The van der Waals surface area contributed by atoms with Gasteiger partial charge >= 0.3 is 0 Å². The van der Waals surface area contributed by atoms with Gasteiger partial charge in [-0.2, -0.15) is 0 Å². The lowest BCUT2D eigenvalue weighted by Crippen LogP contribution is -1.99. The maximum Gasteiger partial charge on any atom is 0.270 e. The number of nitrogens with zero attached hydrogens (tertiary/aromatic N) is 5. The Morgan fingerprint density at radius 1 is 1.24 bits per heavy atom. The van der Waals surface area contributed by atoms with Crippen LogP contribution >= 0.6 is 0 Å². The van der Waals surface area contributed by atoms with Gasteiger partial charge in [0.15, 0.2) is 0 Å². The molecule has 0 saturated carbocycles. The number of hydrogen-bond donors (Lipinski definition) is 1. The van der Waals surface area contributed by atoms with Crippen LogP contribution in [0.1, 0.15) is 34.0 Å². The second kappa shape index (κ2) is 10.5. The lowest BCUT2D eigenvalue weighted by atomic mass is 10.1. The van der Waals surface area contributed by atoms with Crippen molar-refractivity contribution >= 4 is 23.9 Å². The Hall–Kier alpha value is -3.81. The highest BCUT2D eigenvalue weighted by Gasteiger charge is 2.20. The number of nitrogen functional groups attached to an aromatic ring is 1. The number of rotatable bonds is 5. The zero-order valence-corrected chi connectivity index (χ0v) is 16.0. The standard InChI is InChI=1S/C18H16N6O2.C2H6.CH4/c1-3-6-15-22-16(12-7-5-8-13(11-12)24(25)26)17(23(15)4-2)14-9-10-20-18(19)21-14;1-2;/h3-11H,2H2,1H3,(H2,19,20,21);1-2H3;1H4/b6-3-;;. The number of benzene rings is 1. The molecule has 8 nitrogen and oxygen atoms in total. The fourth-order valence-electron chi connectivity index (χ4n) is 2.62. The van der Waals surface area contributed by atoms with Gasteiger partial charge in [-0.25, -0.2) is 15.0 Å². The maximum atomic E-state index is 11.1. The Balaban J connectivity index is 0.00000136. The molecule has 2 aromatic heterocycles. The van der Waals surface area contributed by atoms with Gasteiger partial charge in [-0.15, -0.1) is 0 Å². The zero-order chi connectivity index (χ0) is 20.7. The number of anilines is 1. The second-order valence-corrected chi connectivity index (χ2v) is 5.33. The van der Waals surface area contributed by atoms with E-state index in [1.165, 1.54) is 12.1 Å². The first-order chi connectivity index (χ1) is 13.5. The number of nitro groups is 1. The lowest BCUT2D eigenvalue weighted by molar-refractivity contribution is -0.384. The van der Waals surface area contributed by atoms with E-state index in [0.29, 0.717) is 28.5 Å². The average Bonchev–Trinajstić information content (AvgIpc) is 3.08.